The molecular formula is C23H20N4O4. The van der Waals surface area contributed by atoms with Crippen LogP contribution in [0.5, 0.6) is 5.75 Å². The van der Waals surface area contributed by atoms with Crippen molar-refractivity contribution in [3.63, 3.8) is 0 Å². The van der Waals surface area contributed by atoms with Gasteiger partial charge in [-0.1, -0.05) is 18.2 Å². The van der Waals surface area contributed by atoms with Crippen LogP contribution >= 0.6 is 0 Å². The Morgan fingerprint density at radius 2 is 1.74 bits per heavy atom. The van der Waals surface area contributed by atoms with Crippen LogP contribution < -0.4 is 20.7 Å². The summed E-state index contributed by atoms with van der Waals surface area (Å²) >= 11 is 0. The van der Waals surface area contributed by atoms with Crippen LogP contribution in [0, 0.1) is 11.3 Å². The number of urea groups is 1. The summed E-state index contributed by atoms with van der Waals surface area (Å²) in [6, 6.07) is 18.4. The van der Waals surface area contributed by atoms with E-state index in [1.165, 1.54) is 0 Å². The fourth-order valence-corrected chi connectivity index (χ4v) is 2.58. The van der Waals surface area contributed by atoms with Gasteiger partial charge >= 0.3 is 6.03 Å². The monoisotopic (exact) mass is 416 g/mol. The van der Waals surface area contributed by atoms with Gasteiger partial charge in [-0.3, -0.25) is 4.79 Å². The quantitative estimate of drug-likeness (QED) is 0.474. The number of hydrogen-bond donors (Lipinski definition) is 3. The van der Waals surface area contributed by atoms with E-state index in [4.69, 9.17) is 14.4 Å². The Hall–Kier alpha value is -4.51. The minimum absolute atomic E-state index is 0.0836. The second-order valence-corrected chi connectivity index (χ2v) is 6.32. The van der Waals surface area contributed by atoms with Crippen molar-refractivity contribution in [2.45, 2.75) is 6.61 Å². The number of nitrogens with one attached hydrogen (secondary N) is 3. The van der Waals surface area contributed by atoms with Gasteiger partial charge in [-0.25, -0.2) is 4.79 Å². The van der Waals surface area contributed by atoms with E-state index in [0.717, 1.165) is 0 Å². The highest BCUT2D eigenvalue weighted by Gasteiger charge is 2.13. The number of rotatable bonds is 8. The largest absolute Gasteiger partial charge is 0.484 e. The summed E-state index contributed by atoms with van der Waals surface area (Å²) in [7, 11) is 0. The van der Waals surface area contributed by atoms with E-state index >= 15 is 0 Å². The van der Waals surface area contributed by atoms with E-state index in [-0.39, 0.29) is 18.4 Å². The number of para-hydroxylation sites is 1. The van der Waals surface area contributed by atoms with Crippen LogP contribution in [0.4, 0.5) is 16.2 Å². The number of furan rings is 1. The van der Waals surface area contributed by atoms with Gasteiger partial charge in [0, 0.05) is 17.9 Å². The zero-order valence-electron chi connectivity index (χ0n) is 16.6. The molecule has 1 heterocycles. The van der Waals surface area contributed by atoms with Crippen molar-refractivity contribution in [1.82, 2.24) is 5.32 Å². The van der Waals surface area contributed by atoms with Crippen molar-refractivity contribution in [1.29, 1.82) is 5.26 Å². The standard InChI is InChI=1S/C23H20N4O4/c1-2-13-25-23(29)27-18-9-7-17(8-10-18)26-22(28)21-12-11-19(31-21)15-30-20-6-4-3-5-16(20)14-24/h2-12H,1,13,15H2,(H,26,28)(H2,25,27,29). The maximum Gasteiger partial charge on any atom is 0.319 e. The van der Waals surface area contributed by atoms with Crippen LogP contribution in [-0.2, 0) is 6.61 Å². The highest BCUT2D eigenvalue weighted by molar-refractivity contribution is 6.02. The number of amides is 3. The number of nitrogens with zero attached hydrogens (tertiary/aromatic N) is 1. The first-order chi connectivity index (χ1) is 15.1. The first kappa shape index (κ1) is 21.2. The van der Waals surface area contributed by atoms with Gasteiger partial charge in [0.2, 0.25) is 0 Å². The Morgan fingerprint density at radius 3 is 2.45 bits per heavy atom. The Balaban J connectivity index is 1.54. The molecule has 8 heteroatoms. The summed E-state index contributed by atoms with van der Waals surface area (Å²) < 4.78 is 11.1. The summed E-state index contributed by atoms with van der Waals surface area (Å²) in [6.45, 7) is 3.97. The Labute approximate surface area is 179 Å². The molecule has 3 aromatic rings. The van der Waals surface area contributed by atoms with Crippen molar-refractivity contribution >= 4 is 23.3 Å². The van der Waals surface area contributed by atoms with E-state index in [1.807, 2.05) is 0 Å². The van der Waals surface area contributed by atoms with Gasteiger partial charge < -0.3 is 25.1 Å². The third-order valence-corrected chi connectivity index (χ3v) is 4.07. The molecule has 0 aliphatic heterocycles. The van der Waals surface area contributed by atoms with Gasteiger partial charge in [-0.15, -0.1) is 6.58 Å². The van der Waals surface area contributed by atoms with Crippen molar-refractivity contribution in [3.8, 4) is 11.8 Å². The van der Waals surface area contributed by atoms with Crippen molar-refractivity contribution < 1.29 is 18.7 Å². The number of hydrogen-bond acceptors (Lipinski definition) is 5. The van der Waals surface area contributed by atoms with Crippen molar-refractivity contribution in [2.24, 2.45) is 0 Å². The summed E-state index contributed by atoms with van der Waals surface area (Å²) in [5, 5.41) is 17.1. The van der Waals surface area contributed by atoms with Crippen LogP contribution in [0.3, 0.4) is 0 Å². The Kier molecular flexibility index (Phi) is 7.06. The maximum absolute atomic E-state index is 12.4. The molecule has 0 aliphatic carbocycles. The average Bonchev–Trinajstić information content (AvgIpc) is 3.27. The van der Waals surface area contributed by atoms with Crippen LogP contribution in [-0.4, -0.2) is 18.5 Å². The van der Waals surface area contributed by atoms with E-state index < -0.39 is 5.91 Å². The highest BCUT2D eigenvalue weighted by Crippen LogP contribution is 2.20. The Morgan fingerprint density at radius 1 is 1.03 bits per heavy atom. The fourth-order valence-electron chi connectivity index (χ4n) is 2.58. The lowest BCUT2D eigenvalue weighted by Crippen LogP contribution is -2.28. The number of carbonyl (C=O) groups is 2. The van der Waals surface area contributed by atoms with Crippen LogP contribution in [0.1, 0.15) is 21.9 Å². The molecule has 0 bridgehead atoms. The van der Waals surface area contributed by atoms with Crippen LogP contribution in [0.25, 0.3) is 0 Å². The third-order valence-electron chi connectivity index (χ3n) is 4.07. The molecule has 1 aromatic heterocycles. The average molecular weight is 416 g/mol. The second-order valence-electron chi connectivity index (χ2n) is 6.32. The van der Waals surface area contributed by atoms with E-state index in [9.17, 15) is 9.59 Å². The summed E-state index contributed by atoms with van der Waals surface area (Å²) in [5.74, 6) is 0.591. The first-order valence-electron chi connectivity index (χ1n) is 9.37. The fraction of sp³-hybridized carbons (Fsp3) is 0.0870. The van der Waals surface area contributed by atoms with E-state index in [2.05, 4.69) is 28.6 Å². The normalized spacial score (nSPS) is 9.90. The van der Waals surface area contributed by atoms with Crippen molar-refractivity contribution in [2.75, 3.05) is 17.2 Å². The minimum atomic E-state index is -0.423. The lowest BCUT2D eigenvalue weighted by Gasteiger charge is -2.08. The molecule has 3 rings (SSSR count). The smallest absolute Gasteiger partial charge is 0.319 e. The highest BCUT2D eigenvalue weighted by atomic mass is 16.5. The molecule has 0 spiro atoms. The summed E-state index contributed by atoms with van der Waals surface area (Å²) in [4.78, 5) is 24.0. The number of benzene rings is 2. The molecule has 3 N–H and O–H groups in total. The zero-order valence-corrected chi connectivity index (χ0v) is 16.6. The Bertz CT molecular complexity index is 1110. The predicted octanol–water partition coefficient (Wildman–Crippen LogP) is 4.29. The SMILES string of the molecule is C=CCNC(=O)Nc1ccc(NC(=O)c2ccc(COc3ccccc3C#N)o2)cc1. The molecule has 8 nitrogen and oxygen atoms in total. The molecule has 0 atom stereocenters. The molecular weight excluding hydrogens is 396 g/mol. The van der Waals surface area contributed by atoms with Gasteiger partial charge in [0.15, 0.2) is 5.76 Å². The number of nitriles is 1. The van der Waals surface area contributed by atoms with Crippen molar-refractivity contribution in [3.05, 3.63) is 90.4 Å². The lowest BCUT2D eigenvalue weighted by atomic mass is 10.2. The molecule has 31 heavy (non-hydrogen) atoms. The first-order valence-corrected chi connectivity index (χ1v) is 9.37. The van der Waals surface area contributed by atoms with E-state index in [0.29, 0.717) is 35.0 Å². The number of ether oxygens (including phenoxy) is 1. The molecule has 156 valence electrons. The molecule has 0 radical (unpaired) electrons. The number of anilines is 2. The van der Waals surface area contributed by atoms with E-state index in [1.54, 1.807) is 66.7 Å². The molecule has 0 saturated carbocycles. The van der Waals surface area contributed by atoms with Gasteiger partial charge in [-0.05, 0) is 48.5 Å². The lowest BCUT2D eigenvalue weighted by molar-refractivity contribution is 0.0992. The van der Waals surface area contributed by atoms with Gasteiger partial charge in [0.05, 0.1) is 5.56 Å². The molecule has 0 saturated heterocycles. The van der Waals surface area contributed by atoms with Gasteiger partial charge in [-0.2, -0.15) is 5.26 Å². The second kappa shape index (κ2) is 10.3. The van der Waals surface area contributed by atoms with Crippen LogP contribution in [0.15, 0.2) is 77.7 Å². The molecule has 0 unspecified atom stereocenters. The minimum Gasteiger partial charge on any atom is -0.484 e. The third kappa shape index (κ3) is 5.98. The molecule has 0 fully saturated rings. The number of carbonyl (C=O) groups excluding carboxylic acids is 2. The van der Waals surface area contributed by atoms with Gasteiger partial charge in [0.25, 0.3) is 5.91 Å². The topological polar surface area (TPSA) is 116 Å². The summed E-state index contributed by atoms with van der Waals surface area (Å²) in [6.07, 6.45) is 1.58. The predicted molar refractivity (Wildman–Crippen MR) is 116 cm³/mol. The van der Waals surface area contributed by atoms with Gasteiger partial charge in [0.1, 0.15) is 24.2 Å². The summed E-state index contributed by atoms with van der Waals surface area (Å²) in [5.41, 5.74) is 1.54. The molecule has 0 aliphatic rings. The zero-order chi connectivity index (χ0) is 22.1. The maximum atomic E-state index is 12.4. The molecule has 3 amide bonds. The molecule has 2 aromatic carbocycles. The van der Waals surface area contributed by atoms with Crippen LogP contribution in [0.2, 0.25) is 0 Å².